The van der Waals surface area contributed by atoms with E-state index < -0.39 is 0 Å². The van der Waals surface area contributed by atoms with E-state index in [4.69, 9.17) is 17.3 Å². The van der Waals surface area contributed by atoms with Crippen LogP contribution < -0.4 is 5.73 Å². The largest absolute Gasteiger partial charge is 0.330 e. The fraction of sp³-hybridized carbons (Fsp3) is 0.250. The number of hydrogen-bond acceptors (Lipinski definition) is 2. The van der Waals surface area contributed by atoms with Crippen molar-refractivity contribution in [3.05, 3.63) is 41.0 Å². The fourth-order valence-corrected chi connectivity index (χ4v) is 2.02. The summed E-state index contributed by atoms with van der Waals surface area (Å²) in [4.78, 5) is 0. The van der Waals surface area contributed by atoms with Gasteiger partial charge in [0.15, 0.2) is 0 Å². The Labute approximate surface area is 99.8 Å². The molecule has 0 bridgehead atoms. The lowest BCUT2D eigenvalue weighted by Gasteiger charge is -2.06. The van der Waals surface area contributed by atoms with E-state index in [1.165, 1.54) is 0 Å². The van der Waals surface area contributed by atoms with Crippen LogP contribution in [0.2, 0.25) is 5.02 Å². The van der Waals surface area contributed by atoms with Gasteiger partial charge in [0.05, 0.1) is 11.9 Å². The van der Waals surface area contributed by atoms with Gasteiger partial charge in [-0.1, -0.05) is 23.7 Å². The van der Waals surface area contributed by atoms with Crippen molar-refractivity contribution >= 4 is 11.6 Å². The number of nitrogens with two attached hydrogens (primary N) is 1. The second-order valence-electron chi connectivity index (χ2n) is 3.69. The number of rotatable bonds is 3. The van der Waals surface area contributed by atoms with Gasteiger partial charge in [-0.25, -0.2) is 0 Å². The zero-order valence-electron chi connectivity index (χ0n) is 9.15. The summed E-state index contributed by atoms with van der Waals surface area (Å²) in [5.41, 5.74) is 8.91. The number of benzene rings is 1. The van der Waals surface area contributed by atoms with Crippen molar-refractivity contribution in [3.63, 3.8) is 0 Å². The molecule has 84 valence electrons. The van der Waals surface area contributed by atoms with E-state index >= 15 is 0 Å². The molecule has 16 heavy (non-hydrogen) atoms. The molecule has 1 aromatic heterocycles. The number of halogens is 1. The second-order valence-corrected chi connectivity index (χ2v) is 4.13. The van der Waals surface area contributed by atoms with Gasteiger partial charge in [0.25, 0.3) is 0 Å². The molecule has 4 heteroatoms. The summed E-state index contributed by atoms with van der Waals surface area (Å²) in [6.07, 6.45) is 2.69. The molecule has 0 saturated carbocycles. The van der Waals surface area contributed by atoms with Gasteiger partial charge in [0.1, 0.15) is 0 Å². The Morgan fingerprint density at radius 2 is 2.25 bits per heavy atom. The molecule has 1 heterocycles. The van der Waals surface area contributed by atoms with Crippen molar-refractivity contribution in [1.82, 2.24) is 9.78 Å². The third-order valence-electron chi connectivity index (χ3n) is 2.53. The lowest BCUT2D eigenvalue weighted by molar-refractivity contribution is 0.775. The molecular weight excluding hydrogens is 222 g/mol. The zero-order valence-corrected chi connectivity index (χ0v) is 9.91. The maximum Gasteiger partial charge on any atom is 0.0711 e. The molecule has 0 amide bonds. The summed E-state index contributed by atoms with van der Waals surface area (Å²) in [6, 6.07) is 7.78. The third kappa shape index (κ3) is 2.10. The highest BCUT2D eigenvalue weighted by atomic mass is 35.5. The summed E-state index contributed by atoms with van der Waals surface area (Å²) in [6.45, 7) is 0.624. The van der Waals surface area contributed by atoms with Crippen LogP contribution in [0.3, 0.4) is 0 Å². The zero-order chi connectivity index (χ0) is 11.5. The van der Waals surface area contributed by atoms with Crippen molar-refractivity contribution in [3.8, 4) is 11.3 Å². The number of aromatic nitrogens is 2. The van der Waals surface area contributed by atoms with E-state index in [9.17, 15) is 0 Å². The van der Waals surface area contributed by atoms with Crippen LogP contribution >= 0.6 is 11.6 Å². The van der Waals surface area contributed by atoms with Crippen LogP contribution in [0, 0.1) is 0 Å². The molecule has 0 aliphatic rings. The van der Waals surface area contributed by atoms with Crippen LogP contribution in [-0.4, -0.2) is 16.3 Å². The Bertz CT molecular complexity index is 491. The first-order valence-electron chi connectivity index (χ1n) is 5.19. The first kappa shape index (κ1) is 11.2. The first-order chi connectivity index (χ1) is 7.72. The van der Waals surface area contributed by atoms with Crippen molar-refractivity contribution in [1.29, 1.82) is 0 Å². The molecule has 0 fully saturated rings. The highest BCUT2D eigenvalue weighted by Gasteiger charge is 2.10. The minimum atomic E-state index is 0.624. The molecule has 1 aromatic carbocycles. The topological polar surface area (TPSA) is 43.8 Å². The Morgan fingerprint density at radius 1 is 1.44 bits per heavy atom. The molecule has 0 spiro atoms. The summed E-state index contributed by atoms with van der Waals surface area (Å²) >= 11 is 5.99. The minimum absolute atomic E-state index is 0.624. The molecule has 2 aromatic rings. The molecule has 3 nitrogen and oxygen atoms in total. The Hall–Kier alpha value is -1.32. The van der Waals surface area contributed by atoms with Crippen LogP contribution in [0.15, 0.2) is 30.5 Å². The van der Waals surface area contributed by atoms with E-state index in [1.807, 2.05) is 42.2 Å². The van der Waals surface area contributed by atoms with Crippen molar-refractivity contribution in [2.45, 2.75) is 6.42 Å². The first-order valence-corrected chi connectivity index (χ1v) is 5.57. The van der Waals surface area contributed by atoms with Crippen LogP contribution in [0.5, 0.6) is 0 Å². The predicted octanol–water partition coefficient (Wildman–Crippen LogP) is 2.24. The van der Waals surface area contributed by atoms with Gasteiger partial charge < -0.3 is 5.73 Å². The summed E-state index contributed by atoms with van der Waals surface area (Å²) in [7, 11) is 1.93. The number of nitrogens with zero attached hydrogens (tertiary/aromatic N) is 2. The molecule has 0 aliphatic heterocycles. The quantitative estimate of drug-likeness (QED) is 0.887. The van der Waals surface area contributed by atoms with E-state index in [0.717, 1.165) is 28.3 Å². The fourth-order valence-electron chi connectivity index (χ4n) is 1.83. The van der Waals surface area contributed by atoms with E-state index in [0.29, 0.717) is 6.54 Å². The van der Waals surface area contributed by atoms with E-state index in [1.54, 1.807) is 0 Å². The second kappa shape index (κ2) is 4.68. The summed E-state index contributed by atoms with van der Waals surface area (Å²) in [5.74, 6) is 0. The summed E-state index contributed by atoms with van der Waals surface area (Å²) in [5, 5.41) is 4.99. The molecule has 0 atom stereocenters. The number of aryl methyl sites for hydroxylation is 1. The molecule has 2 N–H and O–H groups in total. The van der Waals surface area contributed by atoms with Gasteiger partial charge in [-0.2, -0.15) is 5.10 Å². The maximum absolute atomic E-state index is 5.99. The van der Waals surface area contributed by atoms with E-state index in [-0.39, 0.29) is 0 Å². The SMILES string of the molecule is Cn1ncc(CCN)c1-c1cccc(Cl)c1. The van der Waals surface area contributed by atoms with Crippen molar-refractivity contribution < 1.29 is 0 Å². The minimum Gasteiger partial charge on any atom is -0.330 e. The van der Waals surface area contributed by atoms with Gasteiger partial charge in [0.2, 0.25) is 0 Å². The van der Waals surface area contributed by atoms with Gasteiger partial charge in [-0.05, 0) is 30.7 Å². The van der Waals surface area contributed by atoms with Gasteiger partial charge in [-0.15, -0.1) is 0 Å². The van der Waals surface area contributed by atoms with Crippen LogP contribution in [-0.2, 0) is 13.5 Å². The molecule has 0 saturated heterocycles. The molecule has 0 aliphatic carbocycles. The Balaban J connectivity index is 2.50. The van der Waals surface area contributed by atoms with Gasteiger partial charge >= 0.3 is 0 Å². The van der Waals surface area contributed by atoms with Crippen molar-refractivity contribution in [2.75, 3.05) is 6.54 Å². The monoisotopic (exact) mass is 235 g/mol. The molecular formula is C12H14ClN3. The third-order valence-corrected chi connectivity index (χ3v) is 2.76. The predicted molar refractivity (Wildman–Crippen MR) is 66.4 cm³/mol. The average Bonchev–Trinajstić information content (AvgIpc) is 2.60. The highest BCUT2D eigenvalue weighted by Crippen LogP contribution is 2.25. The van der Waals surface area contributed by atoms with Gasteiger partial charge in [0, 0.05) is 17.6 Å². The average molecular weight is 236 g/mol. The Kier molecular flexibility index (Phi) is 3.27. The standard InChI is InChI=1S/C12H14ClN3/c1-16-12(10(5-6-14)8-15-16)9-3-2-4-11(13)7-9/h2-4,7-8H,5-6,14H2,1H3. The maximum atomic E-state index is 5.99. The van der Waals surface area contributed by atoms with Crippen LogP contribution in [0.4, 0.5) is 0 Å². The molecule has 0 unspecified atom stereocenters. The van der Waals surface area contributed by atoms with Crippen LogP contribution in [0.1, 0.15) is 5.56 Å². The van der Waals surface area contributed by atoms with Gasteiger partial charge in [-0.3, -0.25) is 4.68 Å². The molecule has 2 rings (SSSR count). The highest BCUT2D eigenvalue weighted by molar-refractivity contribution is 6.30. The Morgan fingerprint density at radius 3 is 2.94 bits per heavy atom. The normalized spacial score (nSPS) is 10.7. The smallest absolute Gasteiger partial charge is 0.0711 e. The lowest BCUT2D eigenvalue weighted by Crippen LogP contribution is -2.04. The summed E-state index contributed by atoms with van der Waals surface area (Å²) < 4.78 is 1.86. The lowest BCUT2D eigenvalue weighted by atomic mass is 10.1. The van der Waals surface area contributed by atoms with Crippen molar-refractivity contribution in [2.24, 2.45) is 12.8 Å². The molecule has 0 radical (unpaired) electrons. The van der Waals surface area contributed by atoms with E-state index in [2.05, 4.69) is 5.10 Å². The van der Waals surface area contributed by atoms with Crippen LogP contribution in [0.25, 0.3) is 11.3 Å². The number of hydrogen-bond donors (Lipinski definition) is 1.